The first kappa shape index (κ1) is 20.2. The molecule has 8 heteroatoms. The number of amides is 1. The minimum atomic E-state index is -0.933. The van der Waals surface area contributed by atoms with Gasteiger partial charge in [0.2, 0.25) is 5.43 Å². The molecule has 0 fully saturated rings. The number of hydrogen-bond donors (Lipinski definition) is 1. The first-order valence-corrected chi connectivity index (χ1v) is 9.40. The number of anilines is 1. The number of carbonyl (C=O) groups is 1. The summed E-state index contributed by atoms with van der Waals surface area (Å²) in [7, 11) is 1.75. The normalized spacial score (nSPS) is 10.9. The highest BCUT2D eigenvalue weighted by molar-refractivity contribution is 5.97. The minimum absolute atomic E-state index is 0.00587. The molecule has 6 nitrogen and oxygen atoms in total. The minimum Gasteiger partial charge on any atom is -0.370 e. The molecule has 4 rings (SSSR count). The molecule has 0 unspecified atom stereocenters. The van der Waals surface area contributed by atoms with Gasteiger partial charge in [0.15, 0.2) is 0 Å². The van der Waals surface area contributed by atoms with E-state index in [4.69, 9.17) is 5.73 Å². The number of hydrogen-bond acceptors (Lipinski definition) is 4. The summed E-state index contributed by atoms with van der Waals surface area (Å²) < 4.78 is 30.0. The summed E-state index contributed by atoms with van der Waals surface area (Å²) in [5.41, 5.74) is 6.13. The second-order valence-electron chi connectivity index (χ2n) is 7.12. The second kappa shape index (κ2) is 7.98. The Morgan fingerprint density at radius 1 is 1.16 bits per heavy atom. The number of halogens is 2. The molecular formula is C23H18F2N4O2. The average Bonchev–Trinajstić information content (AvgIpc) is 2.75. The molecular weight excluding hydrogens is 402 g/mol. The monoisotopic (exact) mass is 420 g/mol. The zero-order valence-electron chi connectivity index (χ0n) is 16.5. The third-order valence-corrected chi connectivity index (χ3v) is 4.99. The van der Waals surface area contributed by atoms with Crippen LogP contribution in [0.5, 0.6) is 0 Å². The third kappa shape index (κ3) is 3.87. The van der Waals surface area contributed by atoms with Gasteiger partial charge in [0, 0.05) is 43.6 Å². The number of carbonyl (C=O) groups excluding carboxylic acids is 1. The van der Waals surface area contributed by atoms with Crippen molar-refractivity contribution in [1.82, 2.24) is 9.55 Å². The fourth-order valence-electron chi connectivity index (χ4n) is 3.46. The summed E-state index contributed by atoms with van der Waals surface area (Å²) in [6, 6.07) is 11.8. The predicted molar refractivity (Wildman–Crippen MR) is 114 cm³/mol. The Kier molecular flexibility index (Phi) is 5.21. The number of pyridine rings is 2. The van der Waals surface area contributed by atoms with Crippen LogP contribution in [0.4, 0.5) is 14.5 Å². The topological polar surface area (TPSA) is 81.2 Å². The number of fused-ring (bicyclic) bond motifs is 1. The molecule has 0 aliphatic carbocycles. The summed E-state index contributed by atoms with van der Waals surface area (Å²) in [5, 5.41) is -0.00587. The van der Waals surface area contributed by atoms with Crippen LogP contribution >= 0.6 is 0 Å². The number of benzene rings is 2. The van der Waals surface area contributed by atoms with E-state index < -0.39 is 23.0 Å². The molecule has 0 saturated carbocycles. The fourth-order valence-corrected chi connectivity index (χ4v) is 3.46. The van der Waals surface area contributed by atoms with Crippen LogP contribution in [0.2, 0.25) is 0 Å². The van der Waals surface area contributed by atoms with Crippen molar-refractivity contribution < 1.29 is 13.6 Å². The van der Waals surface area contributed by atoms with E-state index in [-0.39, 0.29) is 16.5 Å². The van der Waals surface area contributed by atoms with E-state index in [0.717, 1.165) is 5.56 Å². The van der Waals surface area contributed by atoms with Crippen LogP contribution < -0.4 is 16.1 Å². The van der Waals surface area contributed by atoms with E-state index in [1.54, 1.807) is 30.4 Å². The van der Waals surface area contributed by atoms with Gasteiger partial charge in [-0.25, -0.2) is 8.78 Å². The van der Waals surface area contributed by atoms with Crippen molar-refractivity contribution in [2.75, 3.05) is 11.9 Å². The van der Waals surface area contributed by atoms with Crippen LogP contribution in [0.3, 0.4) is 0 Å². The number of nitrogens with two attached hydrogens (primary N) is 1. The van der Waals surface area contributed by atoms with Crippen LogP contribution in [0.25, 0.3) is 16.6 Å². The van der Waals surface area contributed by atoms with E-state index in [1.807, 2.05) is 6.07 Å². The zero-order chi connectivity index (χ0) is 22.1. The molecule has 2 aromatic heterocycles. The number of rotatable bonds is 5. The first-order chi connectivity index (χ1) is 14.8. The molecule has 2 aromatic carbocycles. The van der Waals surface area contributed by atoms with E-state index in [2.05, 4.69) is 4.98 Å². The smallest absolute Gasteiger partial charge is 0.254 e. The van der Waals surface area contributed by atoms with Gasteiger partial charge < -0.3 is 15.2 Å². The van der Waals surface area contributed by atoms with Crippen LogP contribution in [-0.2, 0) is 6.54 Å². The highest BCUT2D eigenvalue weighted by Crippen LogP contribution is 2.27. The summed E-state index contributed by atoms with van der Waals surface area (Å²) in [5.74, 6) is -2.07. The SMILES string of the molecule is CN(Cc1cccnc1)c1cc(F)c2c(c1)c(=O)c(C(N)=O)cn2-c1ccc(F)cc1. The lowest BCUT2D eigenvalue weighted by molar-refractivity contribution is 0.0999. The van der Waals surface area contributed by atoms with Gasteiger partial charge in [0.1, 0.15) is 17.2 Å². The fraction of sp³-hybridized carbons (Fsp3) is 0.0870. The molecule has 1 amide bonds. The molecule has 0 spiro atoms. The lowest BCUT2D eigenvalue weighted by atomic mass is 10.1. The Balaban J connectivity index is 1.92. The number of nitrogens with zero attached hydrogens (tertiary/aromatic N) is 3. The largest absolute Gasteiger partial charge is 0.370 e. The molecule has 2 heterocycles. The van der Waals surface area contributed by atoms with Crippen molar-refractivity contribution >= 4 is 22.5 Å². The van der Waals surface area contributed by atoms with Crippen molar-refractivity contribution in [2.24, 2.45) is 5.73 Å². The maximum absolute atomic E-state index is 15.3. The quantitative estimate of drug-likeness (QED) is 0.537. The molecule has 0 bridgehead atoms. The Morgan fingerprint density at radius 2 is 1.90 bits per heavy atom. The van der Waals surface area contributed by atoms with Gasteiger partial charge in [-0.3, -0.25) is 14.6 Å². The maximum Gasteiger partial charge on any atom is 0.254 e. The molecule has 31 heavy (non-hydrogen) atoms. The molecule has 0 saturated heterocycles. The van der Waals surface area contributed by atoms with Crippen LogP contribution in [0, 0.1) is 11.6 Å². The van der Waals surface area contributed by atoms with Gasteiger partial charge in [0.05, 0.1) is 10.9 Å². The first-order valence-electron chi connectivity index (χ1n) is 9.40. The van der Waals surface area contributed by atoms with Crippen LogP contribution in [-0.4, -0.2) is 22.5 Å². The summed E-state index contributed by atoms with van der Waals surface area (Å²) in [6.45, 7) is 0.431. The van der Waals surface area contributed by atoms with Crippen LogP contribution in [0.1, 0.15) is 15.9 Å². The Labute approximate surface area is 176 Å². The maximum atomic E-state index is 15.3. The van der Waals surface area contributed by atoms with Crippen molar-refractivity contribution in [1.29, 1.82) is 0 Å². The van der Waals surface area contributed by atoms with Gasteiger partial charge in [-0.15, -0.1) is 0 Å². The van der Waals surface area contributed by atoms with Gasteiger partial charge in [-0.05, 0) is 48.0 Å². The van der Waals surface area contributed by atoms with Crippen LogP contribution in [0.15, 0.2) is 71.9 Å². The van der Waals surface area contributed by atoms with E-state index >= 15 is 4.39 Å². The predicted octanol–water partition coefficient (Wildman–Crippen LogP) is 3.40. The number of primary amides is 1. The van der Waals surface area contributed by atoms with Gasteiger partial charge in [-0.2, -0.15) is 0 Å². The molecule has 156 valence electrons. The average molecular weight is 420 g/mol. The van der Waals surface area contributed by atoms with Crippen molar-refractivity contribution in [2.45, 2.75) is 6.54 Å². The molecule has 0 aliphatic rings. The molecule has 4 aromatic rings. The van der Waals surface area contributed by atoms with Gasteiger partial charge in [0.25, 0.3) is 5.91 Å². The Hall–Kier alpha value is -4.07. The second-order valence-corrected chi connectivity index (χ2v) is 7.12. The molecule has 0 radical (unpaired) electrons. The highest BCUT2D eigenvalue weighted by atomic mass is 19.1. The zero-order valence-corrected chi connectivity index (χ0v) is 16.5. The van der Waals surface area contributed by atoms with E-state index in [9.17, 15) is 14.0 Å². The Morgan fingerprint density at radius 3 is 2.55 bits per heavy atom. The van der Waals surface area contributed by atoms with Crippen molar-refractivity contribution in [3.63, 3.8) is 0 Å². The summed E-state index contributed by atoms with van der Waals surface area (Å²) in [4.78, 5) is 30.6. The molecule has 0 aliphatic heterocycles. The standard InChI is InChI=1S/C23H18F2N4O2/c1-28(12-14-3-2-8-27-11-14)17-9-18-21(20(25)10-17)29(13-19(22(18)30)23(26)31)16-6-4-15(24)5-7-16/h2-11,13H,12H2,1H3,(H2,26,31). The number of aromatic nitrogens is 2. The third-order valence-electron chi connectivity index (χ3n) is 4.99. The molecule has 0 atom stereocenters. The van der Waals surface area contributed by atoms with Crippen molar-refractivity contribution in [3.8, 4) is 5.69 Å². The lowest BCUT2D eigenvalue weighted by Crippen LogP contribution is -2.25. The summed E-state index contributed by atoms with van der Waals surface area (Å²) >= 11 is 0. The summed E-state index contributed by atoms with van der Waals surface area (Å²) in [6.07, 6.45) is 4.53. The Bertz CT molecular complexity index is 1340. The van der Waals surface area contributed by atoms with Gasteiger partial charge in [-0.1, -0.05) is 6.07 Å². The van der Waals surface area contributed by atoms with E-state index in [1.165, 1.54) is 47.2 Å². The lowest BCUT2D eigenvalue weighted by Gasteiger charge is -2.21. The van der Waals surface area contributed by atoms with E-state index in [0.29, 0.717) is 17.9 Å². The van der Waals surface area contributed by atoms with Crippen molar-refractivity contribution in [3.05, 3.63) is 100 Å². The highest BCUT2D eigenvalue weighted by Gasteiger charge is 2.19. The molecule has 2 N–H and O–H groups in total. The van der Waals surface area contributed by atoms with Gasteiger partial charge >= 0.3 is 0 Å².